The van der Waals surface area contributed by atoms with Crippen molar-refractivity contribution in [2.45, 2.75) is 38.6 Å². The molecule has 0 aliphatic carbocycles. The lowest BCUT2D eigenvalue weighted by Crippen LogP contribution is -2.56. The van der Waals surface area contributed by atoms with E-state index in [9.17, 15) is 4.79 Å². The molecule has 0 unspecified atom stereocenters. The molecule has 0 aromatic heterocycles. The molecule has 2 heterocycles. The summed E-state index contributed by atoms with van der Waals surface area (Å²) in [6, 6.07) is 17.1. The Hall–Kier alpha value is -2.33. The van der Waals surface area contributed by atoms with Crippen LogP contribution in [0, 0.1) is 13.8 Å². The number of anilines is 1. The molecule has 0 saturated carbocycles. The lowest BCUT2D eigenvalue weighted by Gasteiger charge is -2.43. The first kappa shape index (κ1) is 18.1. The number of benzene rings is 2. The third-order valence-corrected chi connectivity index (χ3v) is 6.09. The van der Waals surface area contributed by atoms with Gasteiger partial charge in [-0.2, -0.15) is 0 Å². The van der Waals surface area contributed by atoms with E-state index in [1.54, 1.807) is 0 Å². The first-order valence-corrected chi connectivity index (χ1v) is 9.97. The predicted octanol–water partition coefficient (Wildman–Crippen LogP) is 3.27. The van der Waals surface area contributed by atoms with Gasteiger partial charge in [-0.3, -0.25) is 4.79 Å². The van der Waals surface area contributed by atoms with Gasteiger partial charge in [0, 0.05) is 25.3 Å². The van der Waals surface area contributed by atoms with E-state index < -0.39 is 0 Å². The lowest BCUT2D eigenvalue weighted by molar-refractivity contribution is -0.125. The maximum atomic E-state index is 12.7. The molecule has 2 aromatic rings. The van der Waals surface area contributed by atoms with E-state index in [-0.39, 0.29) is 11.4 Å². The van der Waals surface area contributed by atoms with Crippen LogP contribution in [0.5, 0.6) is 0 Å². The van der Waals surface area contributed by atoms with Gasteiger partial charge in [-0.15, -0.1) is 0 Å². The molecule has 27 heavy (non-hydrogen) atoms. The molecule has 2 fully saturated rings. The Balaban J connectivity index is 1.40. The minimum absolute atomic E-state index is 0.195. The van der Waals surface area contributed by atoms with Crippen LogP contribution < -0.4 is 10.2 Å². The fourth-order valence-corrected chi connectivity index (χ4v) is 4.68. The minimum Gasteiger partial charge on any atom is -0.339 e. The van der Waals surface area contributed by atoms with Gasteiger partial charge >= 0.3 is 0 Å². The molecule has 1 spiro atoms. The number of nitrogens with zero attached hydrogens (tertiary/aromatic N) is 2. The van der Waals surface area contributed by atoms with Crippen LogP contribution in [-0.2, 0) is 11.2 Å². The van der Waals surface area contributed by atoms with Crippen molar-refractivity contribution in [2.24, 2.45) is 0 Å². The SMILES string of the molecule is Cc1cc(C)cc(CCN2CCC3(CC2)C(=O)NCN3c2ccccc2)c1. The van der Waals surface area contributed by atoms with Gasteiger partial charge in [-0.05, 0) is 50.8 Å². The molecule has 4 rings (SSSR count). The van der Waals surface area contributed by atoms with Crippen molar-refractivity contribution < 1.29 is 4.79 Å². The Morgan fingerprint density at radius 2 is 1.67 bits per heavy atom. The molecule has 2 aliphatic rings. The van der Waals surface area contributed by atoms with E-state index in [0.29, 0.717) is 6.67 Å². The van der Waals surface area contributed by atoms with Crippen molar-refractivity contribution in [3.63, 3.8) is 0 Å². The summed E-state index contributed by atoms with van der Waals surface area (Å²) in [5.41, 5.74) is 4.85. The summed E-state index contributed by atoms with van der Waals surface area (Å²) >= 11 is 0. The van der Waals surface area contributed by atoms with Gasteiger partial charge in [0.05, 0.1) is 6.67 Å². The minimum atomic E-state index is -0.377. The van der Waals surface area contributed by atoms with Crippen LogP contribution in [0.2, 0.25) is 0 Å². The average Bonchev–Trinajstić information content (AvgIpc) is 2.97. The quantitative estimate of drug-likeness (QED) is 0.906. The van der Waals surface area contributed by atoms with E-state index in [1.807, 2.05) is 18.2 Å². The Labute approximate surface area is 162 Å². The number of likely N-dealkylation sites (tertiary alicyclic amines) is 1. The molecule has 2 aliphatic heterocycles. The van der Waals surface area contributed by atoms with Crippen molar-refractivity contribution in [3.05, 3.63) is 65.2 Å². The largest absolute Gasteiger partial charge is 0.339 e. The number of para-hydroxylation sites is 1. The number of nitrogens with one attached hydrogen (secondary N) is 1. The van der Waals surface area contributed by atoms with Crippen LogP contribution in [0.1, 0.15) is 29.5 Å². The summed E-state index contributed by atoms with van der Waals surface area (Å²) in [7, 11) is 0. The van der Waals surface area contributed by atoms with E-state index in [4.69, 9.17) is 0 Å². The first-order valence-electron chi connectivity index (χ1n) is 9.97. The summed E-state index contributed by atoms with van der Waals surface area (Å²) in [4.78, 5) is 17.5. The van der Waals surface area contributed by atoms with E-state index in [0.717, 1.165) is 44.6 Å². The zero-order chi connectivity index (χ0) is 18.9. The maximum Gasteiger partial charge on any atom is 0.247 e. The molecule has 1 amide bonds. The maximum absolute atomic E-state index is 12.7. The van der Waals surface area contributed by atoms with Gasteiger partial charge in [-0.1, -0.05) is 47.5 Å². The molecule has 0 radical (unpaired) electrons. The molecule has 142 valence electrons. The van der Waals surface area contributed by atoms with Crippen molar-refractivity contribution in [1.29, 1.82) is 0 Å². The van der Waals surface area contributed by atoms with Crippen LogP contribution >= 0.6 is 0 Å². The van der Waals surface area contributed by atoms with Gasteiger partial charge in [-0.25, -0.2) is 0 Å². The molecule has 4 nitrogen and oxygen atoms in total. The van der Waals surface area contributed by atoms with Crippen LogP contribution in [0.3, 0.4) is 0 Å². The fourth-order valence-electron chi connectivity index (χ4n) is 4.68. The Morgan fingerprint density at radius 1 is 1.00 bits per heavy atom. The molecule has 4 heteroatoms. The molecule has 0 atom stereocenters. The molecular weight excluding hydrogens is 334 g/mol. The first-order chi connectivity index (χ1) is 13.1. The van der Waals surface area contributed by atoms with Gasteiger partial charge in [0.25, 0.3) is 0 Å². The van der Waals surface area contributed by atoms with Gasteiger partial charge in [0.1, 0.15) is 5.54 Å². The molecule has 1 N–H and O–H groups in total. The average molecular weight is 364 g/mol. The smallest absolute Gasteiger partial charge is 0.247 e. The zero-order valence-corrected chi connectivity index (χ0v) is 16.4. The third-order valence-electron chi connectivity index (χ3n) is 6.09. The summed E-state index contributed by atoms with van der Waals surface area (Å²) in [5, 5.41) is 3.08. The molecule has 0 bridgehead atoms. The second-order valence-electron chi connectivity index (χ2n) is 8.05. The number of hydrogen-bond donors (Lipinski definition) is 1. The lowest BCUT2D eigenvalue weighted by atomic mass is 9.85. The summed E-state index contributed by atoms with van der Waals surface area (Å²) in [5.74, 6) is 0.195. The molecule has 2 aromatic carbocycles. The molecule has 2 saturated heterocycles. The number of piperidine rings is 1. The van der Waals surface area contributed by atoms with Crippen LogP contribution in [0.15, 0.2) is 48.5 Å². The van der Waals surface area contributed by atoms with E-state index in [2.05, 4.69) is 59.3 Å². The summed E-state index contributed by atoms with van der Waals surface area (Å²) in [6.45, 7) is 7.95. The van der Waals surface area contributed by atoms with Crippen LogP contribution in [0.25, 0.3) is 0 Å². The van der Waals surface area contributed by atoms with Crippen molar-refractivity contribution in [3.8, 4) is 0 Å². The van der Waals surface area contributed by atoms with Crippen molar-refractivity contribution in [2.75, 3.05) is 31.2 Å². The fraction of sp³-hybridized carbons (Fsp3) is 0.435. The van der Waals surface area contributed by atoms with Crippen molar-refractivity contribution >= 4 is 11.6 Å². The highest BCUT2D eigenvalue weighted by Gasteiger charge is 2.50. The monoisotopic (exact) mass is 363 g/mol. The molecular formula is C23H29N3O. The number of aryl methyl sites for hydroxylation is 2. The van der Waals surface area contributed by atoms with E-state index in [1.165, 1.54) is 16.7 Å². The number of hydrogen-bond acceptors (Lipinski definition) is 3. The van der Waals surface area contributed by atoms with Crippen LogP contribution in [-0.4, -0.2) is 42.6 Å². The second-order valence-corrected chi connectivity index (χ2v) is 8.05. The third kappa shape index (κ3) is 3.59. The number of carbonyl (C=O) groups is 1. The topological polar surface area (TPSA) is 35.6 Å². The Morgan fingerprint density at radius 3 is 2.33 bits per heavy atom. The van der Waals surface area contributed by atoms with Crippen molar-refractivity contribution in [1.82, 2.24) is 10.2 Å². The standard InChI is InChI=1S/C23H29N3O/c1-18-14-19(2)16-20(15-18)8-11-25-12-9-23(10-13-25)22(27)24-17-26(23)21-6-4-3-5-7-21/h3-7,14-16H,8-13,17H2,1-2H3,(H,24,27). The predicted molar refractivity (Wildman–Crippen MR) is 110 cm³/mol. The number of rotatable bonds is 4. The Bertz CT molecular complexity index is 789. The highest BCUT2D eigenvalue weighted by atomic mass is 16.2. The summed E-state index contributed by atoms with van der Waals surface area (Å²) in [6.07, 6.45) is 2.85. The number of amides is 1. The summed E-state index contributed by atoms with van der Waals surface area (Å²) < 4.78 is 0. The second kappa shape index (κ2) is 7.35. The van der Waals surface area contributed by atoms with Crippen LogP contribution in [0.4, 0.5) is 5.69 Å². The zero-order valence-electron chi connectivity index (χ0n) is 16.4. The Kier molecular flexibility index (Phi) is 4.92. The highest BCUT2D eigenvalue weighted by molar-refractivity contribution is 5.93. The number of carbonyl (C=O) groups excluding carboxylic acids is 1. The normalized spacial score (nSPS) is 19.5. The van der Waals surface area contributed by atoms with Gasteiger partial charge < -0.3 is 15.1 Å². The van der Waals surface area contributed by atoms with Gasteiger partial charge in [0.15, 0.2) is 0 Å². The van der Waals surface area contributed by atoms with Gasteiger partial charge in [0.2, 0.25) is 5.91 Å². The van der Waals surface area contributed by atoms with E-state index >= 15 is 0 Å². The highest BCUT2D eigenvalue weighted by Crippen LogP contribution is 2.36.